The summed E-state index contributed by atoms with van der Waals surface area (Å²) in [5.74, 6) is -0.132. The quantitative estimate of drug-likeness (QED) is 0.691. The van der Waals surface area contributed by atoms with Crippen molar-refractivity contribution < 1.29 is 9.59 Å². The van der Waals surface area contributed by atoms with Gasteiger partial charge in [-0.05, 0) is 0 Å². The van der Waals surface area contributed by atoms with Crippen LogP contribution in [0.5, 0.6) is 0 Å². The van der Waals surface area contributed by atoms with Crippen LogP contribution in [0.1, 0.15) is 34.6 Å². The average Bonchev–Trinajstić information content (AvgIpc) is 2.24. The highest BCUT2D eigenvalue weighted by Crippen LogP contribution is 2.15. The predicted octanol–water partition coefficient (Wildman–Crippen LogP) is 0.387. The highest BCUT2D eigenvalue weighted by Gasteiger charge is 2.25. The molecule has 0 radical (unpaired) electrons. The fourth-order valence-electron chi connectivity index (χ4n) is 1.32. The van der Waals surface area contributed by atoms with Crippen LogP contribution < -0.4 is 11.1 Å². The predicted molar refractivity (Wildman–Crippen MR) is 73.2 cm³/mol. The standard InChI is InChI=1S/C13H27N3O2/c1-10(2)15-6-7-16(12(18)8-14)9-11(17)13(3,4)5/h10,15H,6-9,14H2,1-5H3. The number of Topliss-reactive ketones (excluding diaryl/α,β-unsaturated/α-hetero) is 1. The fraction of sp³-hybridized carbons (Fsp3) is 0.846. The van der Waals surface area contributed by atoms with E-state index in [9.17, 15) is 9.59 Å². The molecule has 0 aromatic rings. The van der Waals surface area contributed by atoms with E-state index in [-0.39, 0.29) is 24.8 Å². The van der Waals surface area contributed by atoms with Gasteiger partial charge in [-0.3, -0.25) is 9.59 Å². The Hall–Kier alpha value is -0.940. The minimum atomic E-state index is -0.432. The van der Waals surface area contributed by atoms with Crippen LogP contribution in [0, 0.1) is 5.41 Å². The summed E-state index contributed by atoms with van der Waals surface area (Å²) in [7, 11) is 0. The van der Waals surface area contributed by atoms with Gasteiger partial charge in [0.05, 0.1) is 13.1 Å². The fourth-order valence-corrected chi connectivity index (χ4v) is 1.32. The summed E-state index contributed by atoms with van der Waals surface area (Å²) in [6.07, 6.45) is 0. The molecule has 0 heterocycles. The van der Waals surface area contributed by atoms with E-state index in [0.717, 1.165) is 0 Å². The van der Waals surface area contributed by atoms with Crippen molar-refractivity contribution in [3.63, 3.8) is 0 Å². The summed E-state index contributed by atoms with van der Waals surface area (Å²) >= 11 is 0. The van der Waals surface area contributed by atoms with Crippen molar-refractivity contribution in [2.24, 2.45) is 11.1 Å². The number of nitrogens with two attached hydrogens (primary N) is 1. The van der Waals surface area contributed by atoms with Gasteiger partial charge >= 0.3 is 0 Å². The Morgan fingerprint density at radius 1 is 1.28 bits per heavy atom. The van der Waals surface area contributed by atoms with E-state index in [2.05, 4.69) is 5.32 Å². The smallest absolute Gasteiger partial charge is 0.236 e. The average molecular weight is 257 g/mol. The molecule has 0 bridgehead atoms. The lowest BCUT2D eigenvalue weighted by Gasteiger charge is -2.26. The third-order valence-corrected chi connectivity index (χ3v) is 2.63. The number of nitrogens with one attached hydrogen (secondary N) is 1. The molecule has 0 aliphatic heterocycles. The second kappa shape index (κ2) is 7.48. The zero-order chi connectivity index (χ0) is 14.3. The van der Waals surface area contributed by atoms with Crippen LogP contribution >= 0.6 is 0 Å². The Balaban J connectivity index is 4.42. The molecule has 0 atom stereocenters. The van der Waals surface area contributed by atoms with Crippen molar-refractivity contribution in [2.45, 2.75) is 40.7 Å². The molecule has 1 amide bonds. The number of amides is 1. The number of carbonyl (C=O) groups is 2. The van der Waals surface area contributed by atoms with Gasteiger partial charge in [-0.1, -0.05) is 34.6 Å². The summed E-state index contributed by atoms with van der Waals surface area (Å²) in [6, 6.07) is 0.359. The van der Waals surface area contributed by atoms with Gasteiger partial charge in [0.15, 0.2) is 5.78 Å². The Morgan fingerprint density at radius 3 is 2.22 bits per heavy atom. The molecule has 3 N–H and O–H groups in total. The van der Waals surface area contributed by atoms with Crippen LogP contribution in [-0.4, -0.2) is 48.8 Å². The van der Waals surface area contributed by atoms with Crippen molar-refractivity contribution in [2.75, 3.05) is 26.2 Å². The second-order valence-electron chi connectivity index (χ2n) is 5.80. The van der Waals surface area contributed by atoms with E-state index in [0.29, 0.717) is 19.1 Å². The van der Waals surface area contributed by atoms with Crippen LogP contribution in [0.15, 0.2) is 0 Å². The lowest BCUT2D eigenvalue weighted by Crippen LogP contribution is -2.45. The molecule has 0 saturated carbocycles. The topological polar surface area (TPSA) is 75.4 Å². The third kappa shape index (κ3) is 6.71. The van der Waals surface area contributed by atoms with Crippen molar-refractivity contribution >= 4 is 11.7 Å². The van der Waals surface area contributed by atoms with E-state index >= 15 is 0 Å². The normalized spacial score (nSPS) is 11.7. The zero-order valence-corrected chi connectivity index (χ0v) is 12.2. The molecule has 0 unspecified atom stereocenters. The zero-order valence-electron chi connectivity index (χ0n) is 12.2. The molecule has 18 heavy (non-hydrogen) atoms. The van der Waals surface area contributed by atoms with E-state index in [1.54, 1.807) is 0 Å². The maximum absolute atomic E-state index is 11.9. The van der Waals surface area contributed by atoms with Gasteiger partial charge in [0, 0.05) is 24.5 Å². The maximum atomic E-state index is 11.9. The SMILES string of the molecule is CC(C)NCCN(CC(=O)C(C)(C)C)C(=O)CN. The van der Waals surface area contributed by atoms with Crippen molar-refractivity contribution in [3.05, 3.63) is 0 Å². The summed E-state index contributed by atoms with van der Waals surface area (Å²) < 4.78 is 0. The molecule has 0 saturated heterocycles. The molecule has 0 spiro atoms. The number of hydrogen-bond donors (Lipinski definition) is 2. The lowest BCUT2D eigenvalue weighted by molar-refractivity contribution is -0.137. The highest BCUT2D eigenvalue weighted by molar-refractivity contribution is 5.89. The molecule has 0 aliphatic rings. The number of carbonyl (C=O) groups excluding carboxylic acids is 2. The van der Waals surface area contributed by atoms with Gasteiger partial charge in [0.1, 0.15) is 0 Å². The van der Waals surface area contributed by atoms with Crippen LogP contribution in [0.4, 0.5) is 0 Å². The Kier molecular flexibility index (Phi) is 7.09. The first-order valence-electron chi connectivity index (χ1n) is 6.43. The summed E-state index contributed by atoms with van der Waals surface area (Å²) in [5, 5.41) is 3.22. The molecule has 0 aliphatic carbocycles. The van der Waals surface area contributed by atoms with Crippen molar-refractivity contribution in [3.8, 4) is 0 Å². The molecule has 0 aromatic heterocycles. The lowest BCUT2D eigenvalue weighted by atomic mass is 9.90. The van der Waals surface area contributed by atoms with Crippen LogP contribution in [0.2, 0.25) is 0 Å². The minimum absolute atomic E-state index is 0.0499. The third-order valence-electron chi connectivity index (χ3n) is 2.63. The minimum Gasteiger partial charge on any atom is -0.333 e. The van der Waals surface area contributed by atoms with Crippen molar-refractivity contribution in [1.29, 1.82) is 0 Å². The van der Waals surface area contributed by atoms with Gasteiger partial charge in [-0.2, -0.15) is 0 Å². The Morgan fingerprint density at radius 2 is 1.83 bits per heavy atom. The highest BCUT2D eigenvalue weighted by atomic mass is 16.2. The largest absolute Gasteiger partial charge is 0.333 e. The van der Waals surface area contributed by atoms with Crippen molar-refractivity contribution in [1.82, 2.24) is 10.2 Å². The Labute approximate surface area is 110 Å². The number of hydrogen-bond acceptors (Lipinski definition) is 4. The first kappa shape index (κ1) is 17.1. The van der Waals surface area contributed by atoms with Gasteiger partial charge < -0.3 is 16.0 Å². The van der Waals surface area contributed by atoms with Gasteiger partial charge in [0.25, 0.3) is 0 Å². The number of rotatable bonds is 7. The summed E-state index contributed by atoms with van der Waals surface area (Å²) in [6.45, 7) is 10.9. The van der Waals surface area contributed by atoms with Crippen LogP contribution in [0.3, 0.4) is 0 Å². The second-order valence-corrected chi connectivity index (χ2v) is 5.80. The molecule has 106 valence electrons. The monoisotopic (exact) mass is 257 g/mol. The van der Waals surface area contributed by atoms with E-state index in [1.807, 2.05) is 34.6 Å². The van der Waals surface area contributed by atoms with E-state index < -0.39 is 5.41 Å². The van der Waals surface area contributed by atoms with Gasteiger partial charge in [-0.25, -0.2) is 0 Å². The molecular formula is C13H27N3O2. The van der Waals surface area contributed by atoms with E-state index in [1.165, 1.54) is 4.90 Å². The first-order valence-corrected chi connectivity index (χ1v) is 6.43. The van der Waals surface area contributed by atoms with Gasteiger partial charge in [0.2, 0.25) is 5.91 Å². The molecule has 0 fully saturated rings. The molecule has 0 aromatic carbocycles. The summed E-state index contributed by atoms with van der Waals surface area (Å²) in [4.78, 5) is 25.1. The molecule has 5 nitrogen and oxygen atoms in total. The van der Waals surface area contributed by atoms with Crippen LogP contribution in [0.25, 0.3) is 0 Å². The number of nitrogens with zero attached hydrogens (tertiary/aromatic N) is 1. The summed E-state index contributed by atoms with van der Waals surface area (Å²) in [5.41, 5.74) is 4.93. The van der Waals surface area contributed by atoms with Crippen LogP contribution in [-0.2, 0) is 9.59 Å². The first-order chi connectivity index (χ1) is 8.18. The Bertz CT molecular complexity index is 282. The van der Waals surface area contributed by atoms with Gasteiger partial charge in [-0.15, -0.1) is 0 Å². The molecule has 0 rings (SSSR count). The molecular weight excluding hydrogens is 230 g/mol. The molecule has 5 heteroatoms. The van der Waals surface area contributed by atoms with E-state index in [4.69, 9.17) is 5.73 Å². The maximum Gasteiger partial charge on any atom is 0.236 e. The number of ketones is 1.